The van der Waals surface area contributed by atoms with E-state index in [1.54, 1.807) is 29.2 Å². The zero-order chi connectivity index (χ0) is 19.2. The third kappa shape index (κ3) is 4.86. The topological polar surface area (TPSA) is 64.1 Å². The van der Waals surface area contributed by atoms with Crippen LogP contribution in [0.4, 0.5) is 10.5 Å². The van der Waals surface area contributed by atoms with Crippen LogP contribution in [0.5, 0.6) is 0 Å². The van der Waals surface area contributed by atoms with Crippen LogP contribution >= 0.6 is 0 Å². The Labute approximate surface area is 159 Å². The molecule has 6 heteroatoms. The van der Waals surface area contributed by atoms with Crippen LogP contribution in [0.3, 0.4) is 0 Å². The second-order valence-corrected chi connectivity index (χ2v) is 6.85. The molecule has 3 rings (SSSR count). The lowest BCUT2D eigenvalue weighted by atomic mass is 10.1. The van der Waals surface area contributed by atoms with E-state index in [1.807, 2.05) is 35.2 Å². The number of rotatable bonds is 4. The van der Waals surface area contributed by atoms with Gasteiger partial charge in [-0.2, -0.15) is 0 Å². The lowest BCUT2D eigenvalue weighted by Crippen LogP contribution is -2.44. The van der Waals surface area contributed by atoms with Crippen molar-refractivity contribution in [3.05, 3.63) is 65.7 Å². The molecule has 0 radical (unpaired) electrons. The smallest absolute Gasteiger partial charge is 0.335 e. The molecule has 2 aromatic carbocycles. The third-order valence-electron chi connectivity index (χ3n) is 4.83. The highest BCUT2D eigenvalue weighted by molar-refractivity contribution is 5.92. The van der Waals surface area contributed by atoms with E-state index in [9.17, 15) is 9.59 Å². The van der Waals surface area contributed by atoms with Gasteiger partial charge in [0.05, 0.1) is 12.1 Å². The Morgan fingerprint density at radius 1 is 0.963 bits per heavy atom. The van der Waals surface area contributed by atoms with Crippen molar-refractivity contribution in [2.75, 3.05) is 38.1 Å². The molecule has 2 amide bonds. The molecule has 1 heterocycles. The number of para-hydroxylation sites is 1. The van der Waals surface area contributed by atoms with Crippen LogP contribution in [-0.4, -0.2) is 60.1 Å². The number of carboxylic acids is 1. The molecule has 2 aromatic rings. The summed E-state index contributed by atoms with van der Waals surface area (Å²) < 4.78 is 0. The number of anilines is 1. The van der Waals surface area contributed by atoms with E-state index in [1.165, 1.54) is 0 Å². The number of hydrogen-bond acceptors (Lipinski definition) is 3. The molecule has 0 saturated carbocycles. The van der Waals surface area contributed by atoms with E-state index < -0.39 is 5.97 Å². The van der Waals surface area contributed by atoms with E-state index in [0.29, 0.717) is 13.1 Å². The maximum absolute atomic E-state index is 13.3. The fourth-order valence-electron chi connectivity index (χ4n) is 3.22. The Hall–Kier alpha value is -2.86. The number of nitrogens with zero attached hydrogens (tertiary/aromatic N) is 3. The average molecular weight is 367 g/mol. The summed E-state index contributed by atoms with van der Waals surface area (Å²) in [6.07, 6.45) is 0.957. The Morgan fingerprint density at radius 3 is 2.33 bits per heavy atom. The molecule has 0 unspecified atom stereocenters. The number of aromatic carboxylic acids is 1. The van der Waals surface area contributed by atoms with Crippen LogP contribution in [0, 0.1) is 0 Å². The molecular formula is C21H25N3O3. The van der Waals surface area contributed by atoms with E-state index >= 15 is 0 Å². The number of carbonyl (C=O) groups is 2. The lowest BCUT2D eigenvalue weighted by Gasteiger charge is -2.30. The van der Waals surface area contributed by atoms with Gasteiger partial charge < -0.3 is 14.9 Å². The molecular weight excluding hydrogens is 342 g/mol. The standard InChI is InChI=1S/C21H25N3O3/c1-22-12-5-13-23(15-14-22)21(27)24(19-6-3-2-4-7-19)16-17-8-10-18(11-9-17)20(25)26/h2-4,6-11H,5,12-16H2,1H3,(H,25,26). The minimum atomic E-state index is -0.953. The van der Waals surface area contributed by atoms with Gasteiger partial charge in [-0.05, 0) is 49.8 Å². The van der Waals surface area contributed by atoms with Crippen LogP contribution in [0.15, 0.2) is 54.6 Å². The molecule has 1 aliphatic heterocycles. The van der Waals surface area contributed by atoms with Gasteiger partial charge in [-0.25, -0.2) is 9.59 Å². The van der Waals surface area contributed by atoms with Gasteiger partial charge in [-0.15, -0.1) is 0 Å². The van der Waals surface area contributed by atoms with Crippen LogP contribution in [0.1, 0.15) is 22.3 Å². The summed E-state index contributed by atoms with van der Waals surface area (Å²) in [5.41, 5.74) is 1.97. The summed E-state index contributed by atoms with van der Waals surface area (Å²) in [6, 6.07) is 16.3. The first-order valence-corrected chi connectivity index (χ1v) is 9.17. The number of carbonyl (C=O) groups excluding carboxylic acids is 1. The molecule has 0 spiro atoms. The highest BCUT2D eigenvalue weighted by Crippen LogP contribution is 2.20. The molecule has 27 heavy (non-hydrogen) atoms. The van der Waals surface area contributed by atoms with Gasteiger partial charge in [0.1, 0.15) is 0 Å². The summed E-state index contributed by atoms with van der Waals surface area (Å²) in [5, 5.41) is 9.07. The molecule has 1 fully saturated rings. The van der Waals surface area contributed by atoms with Crippen LogP contribution in [0.25, 0.3) is 0 Å². The fourth-order valence-corrected chi connectivity index (χ4v) is 3.22. The van der Waals surface area contributed by atoms with Crippen molar-refractivity contribution in [1.82, 2.24) is 9.80 Å². The number of likely N-dealkylation sites (N-methyl/N-ethyl adjacent to an activating group) is 1. The number of urea groups is 1. The Balaban J connectivity index is 1.82. The van der Waals surface area contributed by atoms with Crippen molar-refractivity contribution >= 4 is 17.7 Å². The summed E-state index contributed by atoms with van der Waals surface area (Å²) in [7, 11) is 2.08. The number of carboxylic acid groups (broad SMARTS) is 1. The highest BCUT2D eigenvalue weighted by Gasteiger charge is 2.24. The lowest BCUT2D eigenvalue weighted by molar-refractivity contribution is 0.0697. The van der Waals surface area contributed by atoms with Gasteiger partial charge in [0, 0.05) is 25.3 Å². The molecule has 0 bridgehead atoms. The monoisotopic (exact) mass is 367 g/mol. The summed E-state index contributed by atoms with van der Waals surface area (Å²) in [5.74, 6) is -0.953. The van der Waals surface area contributed by atoms with Gasteiger partial charge in [0.15, 0.2) is 0 Å². The van der Waals surface area contributed by atoms with Gasteiger partial charge in [0.2, 0.25) is 0 Å². The Kier molecular flexibility index (Phi) is 6.08. The maximum atomic E-state index is 13.3. The molecule has 142 valence electrons. The third-order valence-corrected chi connectivity index (χ3v) is 4.83. The van der Waals surface area contributed by atoms with Crippen LogP contribution in [0.2, 0.25) is 0 Å². The van der Waals surface area contributed by atoms with Gasteiger partial charge in [0.25, 0.3) is 0 Å². The van der Waals surface area contributed by atoms with Crippen LogP contribution < -0.4 is 4.90 Å². The fraction of sp³-hybridized carbons (Fsp3) is 0.333. The Morgan fingerprint density at radius 2 is 1.67 bits per heavy atom. The number of hydrogen-bond donors (Lipinski definition) is 1. The van der Waals surface area contributed by atoms with E-state index in [2.05, 4.69) is 11.9 Å². The molecule has 1 saturated heterocycles. The van der Waals surface area contributed by atoms with E-state index in [-0.39, 0.29) is 11.6 Å². The van der Waals surface area contributed by atoms with Crippen molar-refractivity contribution in [2.45, 2.75) is 13.0 Å². The quantitative estimate of drug-likeness (QED) is 0.902. The van der Waals surface area contributed by atoms with Crippen molar-refractivity contribution in [1.29, 1.82) is 0 Å². The molecule has 0 atom stereocenters. The Bertz CT molecular complexity index is 777. The maximum Gasteiger partial charge on any atom is 0.335 e. The zero-order valence-electron chi connectivity index (χ0n) is 15.5. The van der Waals surface area contributed by atoms with Crippen molar-refractivity contribution in [2.24, 2.45) is 0 Å². The first-order valence-electron chi connectivity index (χ1n) is 9.17. The molecule has 1 aliphatic rings. The first-order chi connectivity index (χ1) is 13.0. The van der Waals surface area contributed by atoms with Gasteiger partial charge >= 0.3 is 12.0 Å². The number of amides is 2. The molecule has 6 nitrogen and oxygen atoms in total. The van der Waals surface area contributed by atoms with E-state index in [0.717, 1.165) is 37.3 Å². The first kappa shape index (κ1) is 18.9. The SMILES string of the molecule is CN1CCCN(C(=O)N(Cc2ccc(C(=O)O)cc2)c2ccccc2)CC1. The zero-order valence-corrected chi connectivity index (χ0v) is 15.5. The normalized spacial score (nSPS) is 15.2. The number of benzene rings is 2. The average Bonchev–Trinajstić information content (AvgIpc) is 2.91. The highest BCUT2D eigenvalue weighted by atomic mass is 16.4. The summed E-state index contributed by atoms with van der Waals surface area (Å²) in [6.45, 7) is 3.70. The summed E-state index contributed by atoms with van der Waals surface area (Å²) in [4.78, 5) is 30.2. The molecule has 0 aliphatic carbocycles. The van der Waals surface area contributed by atoms with Crippen molar-refractivity contribution in [3.63, 3.8) is 0 Å². The van der Waals surface area contributed by atoms with Crippen molar-refractivity contribution < 1.29 is 14.7 Å². The minimum absolute atomic E-state index is 0.0150. The molecule has 0 aromatic heterocycles. The second-order valence-electron chi connectivity index (χ2n) is 6.85. The van der Waals surface area contributed by atoms with Crippen molar-refractivity contribution in [3.8, 4) is 0 Å². The van der Waals surface area contributed by atoms with Crippen LogP contribution in [-0.2, 0) is 6.54 Å². The predicted octanol–water partition coefficient (Wildman–Crippen LogP) is 3.15. The largest absolute Gasteiger partial charge is 0.478 e. The van der Waals surface area contributed by atoms with E-state index in [4.69, 9.17) is 5.11 Å². The predicted molar refractivity (Wildman–Crippen MR) is 105 cm³/mol. The minimum Gasteiger partial charge on any atom is -0.478 e. The van der Waals surface area contributed by atoms with Gasteiger partial charge in [-0.3, -0.25) is 4.90 Å². The molecule has 1 N–H and O–H groups in total. The summed E-state index contributed by atoms with van der Waals surface area (Å²) >= 11 is 0. The van der Waals surface area contributed by atoms with Gasteiger partial charge in [-0.1, -0.05) is 30.3 Å². The second kappa shape index (κ2) is 8.68.